The van der Waals surface area contributed by atoms with Crippen molar-refractivity contribution in [3.63, 3.8) is 0 Å². The fourth-order valence-corrected chi connectivity index (χ4v) is 1.47. The maximum absolute atomic E-state index is 11.4. The highest BCUT2D eigenvalue weighted by Gasteiger charge is 2.20. The van der Waals surface area contributed by atoms with Gasteiger partial charge in [-0.1, -0.05) is 36.7 Å². The Labute approximate surface area is 88.1 Å². The summed E-state index contributed by atoms with van der Waals surface area (Å²) in [5.41, 5.74) is 0.600. The summed E-state index contributed by atoms with van der Waals surface area (Å²) in [4.78, 5) is 11.4. The van der Waals surface area contributed by atoms with Crippen LogP contribution in [0.5, 0.6) is 0 Å². The number of nitrogens with zero attached hydrogens (tertiary/aromatic N) is 1. The Morgan fingerprint density at radius 1 is 1.57 bits per heavy atom. The molecule has 14 heavy (non-hydrogen) atoms. The Balaban J connectivity index is 3.09. The molecule has 1 aromatic rings. The van der Waals surface area contributed by atoms with Gasteiger partial charge in [0.2, 0.25) is 0 Å². The summed E-state index contributed by atoms with van der Waals surface area (Å²) < 4.78 is 0. The lowest BCUT2D eigenvalue weighted by molar-refractivity contribution is -0.119. The molecule has 0 saturated carbocycles. The number of ketones is 1. The van der Waals surface area contributed by atoms with Crippen LogP contribution in [0.2, 0.25) is 5.02 Å². The Morgan fingerprint density at radius 2 is 2.21 bits per heavy atom. The highest BCUT2D eigenvalue weighted by atomic mass is 35.5. The van der Waals surface area contributed by atoms with E-state index in [0.717, 1.165) is 0 Å². The lowest BCUT2D eigenvalue weighted by atomic mass is 9.95. The van der Waals surface area contributed by atoms with E-state index in [1.807, 2.05) is 6.07 Å². The molecule has 3 heteroatoms. The van der Waals surface area contributed by atoms with Crippen molar-refractivity contribution in [2.24, 2.45) is 0 Å². The predicted molar refractivity (Wildman–Crippen MR) is 55.1 cm³/mol. The second kappa shape index (κ2) is 4.78. The highest BCUT2D eigenvalue weighted by Crippen LogP contribution is 2.25. The number of benzene rings is 1. The van der Waals surface area contributed by atoms with E-state index in [0.29, 0.717) is 17.0 Å². The van der Waals surface area contributed by atoms with Gasteiger partial charge in [-0.3, -0.25) is 4.79 Å². The zero-order chi connectivity index (χ0) is 10.6. The van der Waals surface area contributed by atoms with Crippen molar-refractivity contribution < 1.29 is 4.79 Å². The van der Waals surface area contributed by atoms with Gasteiger partial charge in [-0.2, -0.15) is 5.26 Å². The van der Waals surface area contributed by atoms with Crippen LogP contribution in [0, 0.1) is 11.3 Å². The van der Waals surface area contributed by atoms with E-state index in [-0.39, 0.29) is 5.78 Å². The van der Waals surface area contributed by atoms with Gasteiger partial charge in [-0.05, 0) is 11.6 Å². The van der Waals surface area contributed by atoms with Gasteiger partial charge in [0.25, 0.3) is 0 Å². The maximum Gasteiger partial charge on any atom is 0.154 e. The van der Waals surface area contributed by atoms with Crippen molar-refractivity contribution in [1.82, 2.24) is 0 Å². The van der Waals surface area contributed by atoms with Crippen LogP contribution in [-0.2, 0) is 4.79 Å². The molecular weight excluding hydrogens is 198 g/mol. The molecule has 0 heterocycles. The smallest absolute Gasteiger partial charge is 0.154 e. The third-order valence-electron chi connectivity index (χ3n) is 2.02. The van der Waals surface area contributed by atoms with Crippen LogP contribution < -0.4 is 0 Å². The third-order valence-corrected chi connectivity index (χ3v) is 2.36. The van der Waals surface area contributed by atoms with Crippen molar-refractivity contribution in [2.45, 2.75) is 19.3 Å². The minimum absolute atomic E-state index is 0.0967. The Hall–Kier alpha value is -1.33. The zero-order valence-electron chi connectivity index (χ0n) is 7.83. The fraction of sp³-hybridized carbons (Fsp3) is 0.273. The van der Waals surface area contributed by atoms with Crippen LogP contribution in [0.1, 0.15) is 24.8 Å². The van der Waals surface area contributed by atoms with E-state index in [4.69, 9.17) is 16.9 Å². The van der Waals surface area contributed by atoms with Gasteiger partial charge in [0.15, 0.2) is 5.78 Å². The summed E-state index contributed by atoms with van der Waals surface area (Å²) in [6.45, 7) is 1.74. The largest absolute Gasteiger partial charge is 0.298 e. The summed E-state index contributed by atoms with van der Waals surface area (Å²) in [7, 11) is 0. The first kappa shape index (κ1) is 10.7. The highest BCUT2D eigenvalue weighted by molar-refractivity contribution is 6.31. The van der Waals surface area contributed by atoms with Crippen LogP contribution >= 0.6 is 11.6 Å². The molecule has 0 bridgehead atoms. The molecule has 2 nitrogen and oxygen atoms in total. The molecule has 0 spiro atoms. The zero-order valence-corrected chi connectivity index (χ0v) is 8.58. The topological polar surface area (TPSA) is 40.9 Å². The van der Waals surface area contributed by atoms with Crippen LogP contribution in [0.4, 0.5) is 0 Å². The number of hydrogen-bond donors (Lipinski definition) is 0. The number of rotatable bonds is 3. The standard InChI is InChI=1S/C11H10ClNO/c1-2-11(14)9(7-13)8-5-3-4-6-10(8)12/h3-6,9H,2H2,1H3/t9-/m1/s1. The molecule has 0 amide bonds. The quantitative estimate of drug-likeness (QED) is 0.765. The molecule has 0 saturated heterocycles. The van der Waals surface area contributed by atoms with Gasteiger partial charge in [-0.15, -0.1) is 0 Å². The molecule has 0 unspecified atom stereocenters. The summed E-state index contributed by atoms with van der Waals surface area (Å²) in [5.74, 6) is -0.825. The Bertz CT molecular complexity index is 381. The number of hydrogen-bond acceptors (Lipinski definition) is 2. The fourth-order valence-electron chi connectivity index (χ4n) is 1.23. The first-order chi connectivity index (χ1) is 6.70. The maximum atomic E-state index is 11.4. The number of Topliss-reactive ketones (excluding diaryl/α,β-unsaturated/α-hetero) is 1. The van der Waals surface area contributed by atoms with E-state index in [1.54, 1.807) is 31.2 Å². The molecule has 0 aliphatic carbocycles. The second-order valence-corrected chi connectivity index (χ2v) is 3.31. The minimum atomic E-state index is -0.728. The van der Waals surface area contributed by atoms with Gasteiger partial charge in [-0.25, -0.2) is 0 Å². The predicted octanol–water partition coefficient (Wildman–Crippen LogP) is 2.93. The van der Waals surface area contributed by atoms with Gasteiger partial charge in [0.1, 0.15) is 5.92 Å². The van der Waals surface area contributed by atoms with Gasteiger partial charge in [0, 0.05) is 11.4 Å². The van der Waals surface area contributed by atoms with E-state index < -0.39 is 5.92 Å². The molecule has 0 aliphatic rings. The number of halogens is 1. The summed E-state index contributed by atoms with van der Waals surface area (Å²) >= 11 is 5.90. The van der Waals surface area contributed by atoms with Crippen LogP contribution in [0.25, 0.3) is 0 Å². The molecule has 0 N–H and O–H groups in total. The van der Waals surface area contributed by atoms with Crippen molar-refractivity contribution in [3.05, 3.63) is 34.9 Å². The average Bonchev–Trinajstić information content (AvgIpc) is 2.21. The summed E-state index contributed by atoms with van der Waals surface area (Å²) in [6, 6.07) is 8.92. The van der Waals surface area contributed by atoms with E-state index >= 15 is 0 Å². The Kier molecular flexibility index (Phi) is 3.67. The van der Waals surface area contributed by atoms with Gasteiger partial charge < -0.3 is 0 Å². The van der Waals surface area contributed by atoms with E-state index in [2.05, 4.69) is 0 Å². The molecule has 0 aliphatic heterocycles. The first-order valence-corrected chi connectivity index (χ1v) is 4.75. The SMILES string of the molecule is CCC(=O)[C@H](C#N)c1ccccc1Cl. The Morgan fingerprint density at radius 3 is 2.71 bits per heavy atom. The van der Waals surface area contributed by atoms with Crippen LogP contribution in [0.3, 0.4) is 0 Å². The number of nitriles is 1. The molecule has 1 rings (SSSR count). The van der Waals surface area contributed by atoms with Crippen molar-refractivity contribution >= 4 is 17.4 Å². The lowest BCUT2D eigenvalue weighted by Gasteiger charge is -2.08. The molecule has 1 aromatic carbocycles. The monoisotopic (exact) mass is 207 g/mol. The summed E-state index contributed by atoms with van der Waals surface area (Å²) in [6.07, 6.45) is 0.351. The van der Waals surface area contributed by atoms with Crippen LogP contribution in [0.15, 0.2) is 24.3 Å². The van der Waals surface area contributed by atoms with Gasteiger partial charge >= 0.3 is 0 Å². The molecule has 72 valence electrons. The molecule has 1 atom stereocenters. The molecular formula is C11H10ClNO. The lowest BCUT2D eigenvalue weighted by Crippen LogP contribution is -2.09. The van der Waals surface area contributed by atoms with Gasteiger partial charge in [0.05, 0.1) is 6.07 Å². The molecule has 0 radical (unpaired) electrons. The number of carbonyl (C=O) groups is 1. The first-order valence-electron chi connectivity index (χ1n) is 4.37. The van der Waals surface area contributed by atoms with Crippen molar-refractivity contribution in [1.29, 1.82) is 5.26 Å². The van der Waals surface area contributed by atoms with Crippen molar-refractivity contribution in [3.8, 4) is 6.07 Å². The normalized spacial score (nSPS) is 11.8. The van der Waals surface area contributed by atoms with Crippen LogP contribution in [-0.4, -0.2) is 5.78 Å². The molecule has 0 aromatic heterocycles. The van der Waals surface area contributed by atoms with Crippen molar-refractivity contribution in [2.75, 3.05) is 0 Å². The minimum Gasteiger partial charge on any atom is -0.298 e. The third kappa shape index (κ3) is 2.12. The second-order valence-electron chi connectivity index (χ2n) is 2.90. The average molecular weight is 208 g/mol. The number of carbonyl (C=O) groups excluding carboxylic acids is 1. The molecule has 0 fully saturated rings. The van der Waals surface area contributed by atoms with E-state index in [9.17, 15) is 4.79 Å². The summed E-state index contributed by atoms with van der Waals surface area (Å²) in [5, 5.41) is 9.35. The van der Waals surface area contributed by atoms with E-state index in [1.165, 1.54) is 0 Å².